The van der Waals surface area contributed by atoms with Crippen molar-refractivity contribution in [3.05, 3.63) is 48.8 Å². The van der Waals surface area contributed by atoms with Crippen molar-refractivity contribution in [2.24, 2.45) is 0 Å². The number of benzene rings is 2. The minimum atomic E-state index is -2.58. The van der Waals surface area contributed by atoms with Crippen LogP contribution >= 0.6 is 0 Å². The molecular weight excluding hydrogens is 364 g/mol. The highest BCUT2D eigenvalue weighted by atomic mass is 19.3. The Labute approximate surface area is 161 Å². The molecule has 4 rings (SSSR count). The first-order valence-electron chi connectivity index (χ1n) is 9.44. The van der Waals surface area contributed by atoms with Gasteiger partial charge >= 0.3 is 0 Å². The molecule has 0 aliphatic carbocycles. The molecule has 28 heavy (non-hydrogen) atoms. The number of ether oxygens (including phenoxy) is 1. The Morgan fingerprint density at radius 2 is 1.96 bits per heavy atom. The number of likely N-dealkylation sites (tertiary alicyclic amines) is 1. The van der Waals surface area contributed by atoms with Crippen LogP contribution in [0.2, 0.25) is 0 Å². The van der Waals surface area contributed by atoms with Crippen molar-refractivity contribution in [1.82, 2.24) is 15.1 Å². The number of aliphatic hydroxyl groups excluding tert-OH is 1. The summed E-state index contributed by atoms with van der Waals surface area (Å²) in [6.45, 7) is 1.00. The molecule has 0 radical (unpaired) electrons. The van der Waals surface area contributed by atoms with Crippen LogP contribution in [0.4, 0.5) is 8.78 Å². The van der Waals surface area contributed by atoms with E-state index >= 15 is 0 Å². The predicted molar refractivity (Wildman–Crippen MR) is 104 cm³/mol. The summed E-state index contributed by atoms with van der Waals surface area (Å²) in [4.78, 5) is 1.86. The van der Waals surface area contributed by atoms with Crippen molar-refractivity contribution in [3.8, 4) is 16.9 Å². The summed E-state index contributed by atoms with van der Waals surface area (Å²) in [5.74, 6) is -1.92. The number of rotatable bonds is 6. The molecule has 2 N–H and O–H groups in total. The summed E-state index contributed by atoms with van der Waals surface area (Å²) < 4.78 is 32.5. The van der Waals surface area contributed by atoms with Gasteiger partial charge in [-0.3, -0.25) is 5.10 Å². The summed E-state index contributed by atoms with van der Waals surface area (Å²) in [6.07, 6.45) is 2.47. The Morgan fingerprint density at radius 1 is 1.18 bits per heavy atom. The number of aromatic amines is 1. The standard InChI is InChI=1S/C21H23F2N3O2/c22-21(23)7-9-26(10-8-21)13-17(27)14-28-19-6-5-15-3-1-2-4-18(15)20(19)16-11-24-25-12-16/h1-6,11-12,17,27H,7-10,13-14H2,(H,24,25). The first-order chi connectivity index (χ1) is 13.5. The van der Waals surface area contributed by atoms with E-state index in [0.29, 0.717) is 25.4 Å². The van der Waals surface area contributed by atoms with Gasteiger partial charge in [0.2, 0.25) is 0 Å². The lowest BCUT2D eigenvalue weighted by Gasteiger charge is -2.32. The molecule has 1 saturated heterocycles. The van der Waals surface area contributed by atoms with Gasteiger partial charge in [-0.1, -0.05) is 30.3 Å². The third-order valence-corrected chi connectivity index (χ3v) is 5.17. The van der Waals surface area contributed by atoms with E-state index < -0.39 is 12.0 Å². The van der Waals surface area contributed by atoms with Crippen LogP contribution in [-0.4, -0.2) is 58.5 Å². The van der Waals surface area contributed by atoms with E-state index in [-0.39, 0.29) is 19.4 Å². The van der Waals surface area contributed by atoms with Gasteiger partial charge in [-0.2, -0.15) is 5.10 Å². The Bertz CT molecular complexity index is 921. The van der Waals surface area contributed by atoms with E-state index in [2.05, 4.69) is 10.2 Å². The number of hydrogen-bond donors (Lipinski definition) is 2. The van der Waals surface area contributed by atoms with Crippen molar-refractivity contribution in [3.63, 3.8) is 0 Å². The van der Waals surface area contributed by atoms with E-state index in [4.69, 9.17) is 4.74 Å². The van der Waals surface area contributed by atoms with Gasteiger partial charge in [0.25, 0.3) is 5.92 Å². The van der Waals surface area contributed by atoms with Crippen molar-refractivity contribution in [2.45, 2.75) is 24.9 Å². The smallest absolute Gasteiger partial charge is 0.250 e. The molecule has 1 aliphatic heterocycles. The molecular formula is C21H23F2N3O2. The zero-order valence-electron chi connectivity index (χ0n) is 15.4. The Hall–Kier alpha value is -2.51. The summed E-state index contributed by atoms with van der Waals surface area (Å²) >= 11 is 0. The van der Waals surface area contributed by atoms with Gasteiger partial charge in [0.15, 0.2) is 0 Å². The Balaban J connectivity index is 1.47. The number of β-amino-alcohol motifs (C(OH)–C–C–N with tert-alkyl or cyclic N) is 1. The molecule has 148 valence electrons. The molecule has 1 aromatic heterocycles. The summed E-state index contributed by atoms with van der Waals surface area (Å²) in [5, 5.41) is 19.3. The molecule has 0 bridgehead atoms. The van der Waals surface area contributed by atoms with Gasteiger partial charge in [0.05, 0.1) is 6.20 Å². The van der Waals surface area contributed by atoms with E-state index in [1.807, 2.05) is 41.3 Å². The molecule has 1 fully saturated rings. The minimum Gasteiger partial charge on any atom is -0.490 e. The maximum atomic E-state index is 13.3. The first-order valence-corrected chi connectivity index (χ1v) is 9.44. The van der Waals surface area contributed by atoms with Crippen molar-refractivity contribution >= 4 is 10.8 Å². The number of hydrogen-bond acceptors (Lipinski definition) is 4. The molecule has 3 aromatic rings. The Morgan fingerprint density at radius 3 is 2.71 bits per heavy atom. The molecule has 1 aliphatic rings. The van der Waals surface area contributed by atoms with Crippen LogP contribution in [0.3, 0.4) is 0 Å². The van der Waals surface area contributed by atoms with Crippen LogP contribution in [0, 0.1) is 0 Å². The fourth-order valence-electron chi connectivity index (χ4n) is 3.66. The van der Waals surface area contributed by atoms with Gasteiger partial charge in [-0.25, -0.2) is 8.78 Å². The largest absolute Gasteiger partial charge is 0.490 e. The predicted octanol–water partition coefficient (Wildman–Crippen LogP) is 3.70. The van der Waals surface area contributed by atoms with Crippen LogP contribution < -0.4 is 4.74 Å². The highest BCUT2D eigenvalue weighted by Gasteiger charge is 2.34. The molecule has 7 heteroatoms. The van der Waals surface area contributed by atoms with Crippen molar-refractivity contribution in [2.75, 3.05) is 26.2 Å². The third-order valence-electron chi connectivity index (χ3n) is 5.17. The fourth-order valence-corrected chi connectivity index (χ4v) is 3.66. The number of aliphatic hydroxyl groups is 1. The summed E-state index contributed by atoms with van der Waals surface area (Å²) in [6, 6.07) is 11.9. The molecule has 1 unspecified atom stereocenters. The SMILES string of the molecule is OC(COc1ccc2ccccc2c1-c1cn[nH]c1)CN1CCC(F)(F)CC1. The molecule has 0 spiro atoms. The number of alkyl halides is 2. The topological polar surface area (TPSA) is 61.4 Å². The molecule has 5 nitrogen and oxygen atoms in total. The van der Waals surface area contributed by atoms with Crippen LogP contribution in [0.1, 0.15) is 12.8 Å². The van der Waals surface area contributed by atoms with Gasteiger partial charge in [-0.05, 0) is 16.8 Å². The normalized spacial score (nSPS) is 18.2. The van der Waals surface area contributed by atoms with E-state index in [9.17, 15) is 13.9 Å². The molecule has 1 atom stereocenters. The number of nitrogens with one attached hydrogen (secondary N) is 1. The average molecular weight is 387 g/mol. The number of fused-ring (bicyclic) bond motifs is 1. The number of piperidine rings is 1. The number of H-pyrrole nitrogens is 1. The first kappa shape index (κ1) is 18.8. The van der Waals surface area contributed by atoms with E-state index in [1.165, 1.54) is 0 Å². The molecule has 2 aromatic carbocycles. The van der Waals surface area contributed by atoms with Crippen LogP contribution in [0.5, 0.6) is 5.75 Å². The highest BCUT2D eigenvalue weighted by Crippen LogP contribution is 2.36. The van der Waals surface area contributed by atoms with Crippen molar-refractivity contribution in [1.29, 1.82) is 0 Å². The number of aromatic nitrogens is 2. The van der Waals surface area contributed by atoms with Gasteiger partial charge < -0.3 is 14.7 Å². The molecule has 0 amide bonds. The lowest BCUT2D eigenvalue weighted by Crippen LogP contribution is -2.44. The molecule has 2 heterocycles. The summed E-state index contributed by atoms with van der Waals surface area (Å²) in [7, 11) is 0. The van der Waals surface area contributed by atoms with E-state index in [1.54, 1.807) is 12.4 Å². The Kier molecular flexibility index (Phi) is 5.28. The highest BCUT2D eigenvalue weighted by molar-refractivity contribution is 5.99. The number of halogens is 2. The average Bonchev–Trinajstić information content (AvgIpc) is 3.22. The molecule has 0 saturated carbocycles. The second-order valence-electron chi connectivity index (χ2n) is 7.27. The number of nitrogens with zero attached hydrogens (tertiary/aromatic N) is 2. The monoisotopic (exact) mass is 387 g/mol. The quantitative estimate of drug-likeness (QED) is 0.677. The zero-order valence-corrected chi connectivity index (χ0v) is 15.4. The minimum absolute atomic E-state index is 0.0933. The lowest BCUT2D eigenvalue weighted by molar-refractivity contribution is -0.0628. The van der Waals surface area contributed by atoms with E-state index in [0.717, 1.165) is 21.9 Å². The van der Waals surface area contributed by atoms with Crippen LogP contribution in [0.25, 0.3) is 21.9 Å². The van der Waals surface area contributed by atoms with Crippen LogP contribution in [0.15, 0.2) is 48.8 Å². The zero-order chi connectivity index (χ0) is 19.6. The second-order valence-corrected chi connectivity index (χ2v) is 7.27. The van der Waals surface area contributed by atoms with Crippen molar-refractivity contribution < 1.29 is 18.6 Å². The fraction of sp³-hybridized carbons (Fsp3) is 0.381. The lowest BCUT2D eigenvalue weighted by atomic mass is 9.99. The van der Waals surface area contributed by atoms with Gasteiger partial charge in [-0.15, -0.1) is 0 Å². The maximum Gasteiger partial charge on any atom is 0.250 e. The van der Waals surface area contributed by atoms with Gasteiger partial charge in [0, 0.05) is 49.8 Å². The summed E-state index contributed by atoms with van der Waals surface area (Å²) in [5.41, 5.74) is 1.82. The second kappa shape index (κ2) is 7.85. The van der Waals surface area contributed by atoms with Gasteiger partial charge in [0.1, 0.15) is 18.5 Å². The van der Waals surface area contributed by atoms with Crippen LogP contribution in [-0.2, 0) is 0 Å². The third kappa shape index (κ3) is 4.15. The maximum absolute atomic E-state index is 13.3.